The van der Waals surface area contributed by atoms with E-state index in [9.17, 15) is 19.2 Å². The molecule has 6 heteroatoms. The molecular formula is C10H8O6. The molecule has 0 spiro atoms. The lowest BCUT2D eigenvalue weighted by atomic mass is 9.99. The molecule has 0 radical (unpaired) electrons. The van der Waals surface area contributed by atoms with Gasteiger partial charge in [0, 0.05) is 0 Å². The van der Waals surface area contributed by atoms with Gasteiger partial charge in [-0.05, 0) is 12.1 Å². The summed E-state index contributed by atoms with van der Waals surface area (Å²) in [7, 11) is 0.986. The lowest BCUT2D eigenvalue weighted by molar-refractivity contribution is -0.153. The van der Waals surface area contributed by atoms with Gasteiger partial charge in [-0.15, -0.1) is 0 Å². The second-order valence-corrected chi connectivity index (χ2v) is 2.81. The lowest BCUT2D eigenvalue weighted by Gasteiger charge is -2.04. The fourth-order valence-electron chi connectivity index (χ4n) is 1.04. The molecule has 0 aromatic carbocycles. The molecule has 1 unspecified atom stereocenters. The van der Waals surface area contributed by atoms with Gasteiger partial charge >= 0.3 is 5.97 Å². The van der Waals surface area contributed by atoms with Gasteiger partial charge in [0.15, 0.2) is 11.7 Å². The summed E-state index contributed by atoms with van der Waals surface area (Å²) >= 11 is 0. The van der Waals surface area contributed by atoms with Crippen molar-refractivity contribution in [2.75, 3.05) is 7.11 Å². The molecule has 0 aliphatic rings. The van der Waals surface area contributed by atoms with Crippen molar-refractivity contribution in [3.8, 4) is 0 Å². The molecule has 0 aliphatic carbocycles. The van der Waals surface area contributed by atoms with E-state index in [4.69, 9.17) is 4.42 Å². The van der Waals surface area contributed by atoms with Crippen LogP contribution in [0.3, 0.4) is 0 Å². The Morgan fingerprint density at radius 3 is 2.56 bits per heavy atom. The Kier molecular flexibility index (Phi) is 3.71. The van der Waals surface area contributed by atoms with Crippen LogP contribution in [-0.4, -0.2) is 30.9 Å². The highest BCUT2D eigenvalue weighted by Gasteiger charge is 2.34. The first kappa shape index (κ1) is 11.8. The van der Waals surface area contributed by atoms with Gasteiger partial charge in [-0.2, -0.15) is 0 Å². The van der Waals surface area contributed by atoms with Crippen LogP contribution in [0.1, 0.15) is 10.6 Å². The van der Waals surface area contributed by atoms with Crippen molar-refractivity contribution in [3.05, 3.63) is 24.2 Å². The third-order valence-corrected chi connectivity index (χ3v) is 1.85. The molecule has 16 heavy (non-hydrogen) atoms. The standard InChI is InChI=1S/C10H8O6/c1-15-10(14)9(13)6(5-11)8(12)7-3-2-4-16-7/h2-6H,1H3. The van der Waals surface area contributed by atoms with E-state index in [2.05, 4.69) is 4.74 Å². The maximum Gasteiger partial charge on any atom is 0.375 e. The summed E-state index contributed by atoms with van der Waals surface area (Å²) < 4.78 is 8.86. The monoisotopic (exact) mass is 224 g/mol. The van der Waals surface area contributed by atoms with Gasteiger partial charge in [0.25, 0.3) is 5.78 Å². The van der Waals surface area contributed by atoms with Crippen LogP contribution in [0.4, 0.5) is 0 Å². The number of carbonyl (C=O) groups excluding carboxylic acids is 4. The van der Waals surface area contributed by atoms with E-state index in [1.165, 1.54) is 18.4 Å². The average Bonchev–Trinajstić information content (AvgIpc) is 2.82. The van der Waals surface area contributed by atoms with Crippen LogP contribution in [0.25, 0.3) is 0 Å². The van der Waals surface area contributed by atoms with Crippen molar-refractivity contribution in [1.82, 2.24) is 0 Å². The van der Waals surface area contributed by atoms with Crippen molar-refractivity contribution < 1.29 is 28.3 Å². The smallest absolute Gasteiger partial charge is 0.375 e. The predicted molar refractivity (Wildman–Crippen MR) is 49.6 cm³/mol. The molecule has 0 amide bonds. The van der Waals surface area contributed by atoms with Crippen LogP contribution < -0.4 is 0 Å². The van der Waals surface area contributed by atoms with E-state index in [0.29, 0.717) is 0 Å². The fourth-order valence-corrected chi connectivity index (χ4v) is 1.04. The molecule has 1 aromatic rings. The highest BCUT2D eigenvalue weighted by atomic mass is 16.5. The quantitative estimate of drug-likeness (QED) is 0.230. The number of hydrogen-bond acceptors (Lipinski definition) is 6. The van der Waals surface area contributed by atoms with Gasteiger partial charge in [0.05, 0.1) is 13.4 Å². The van der Waals surface area contributed by atoms with Crippen molar-refractivity contribution in [1.29, 1.82) is 0 Å². The van der Waals surface area contributed by atoms with Crippen LogP contribution in [0.15, 0.2) is 22.8 Å². The molecule has 1 heterocycles. The zero-order valence-corrected chi connectivity index (χ0v) is 8.34. The largest absolute Gasteiger partial charge is 0.463 e. The van der Waals surface area contributed by atoms with Gasteiger partial charge in [0.1, 0.15) is 6.29 Å². The van der Waals surface area contributed by atoms with E-state index in [1.807, 2.05) is 0 Å². The predicted octanol–water partition coefficient (Wildman–Crippen LogP) is 0.0195. The molecule has 1 rings (SSSR count). The summed E-state index contributed by atoms with van der Waals surface area (Å²) in [5, 5.41) is 0. The van der Waals surface area contributed by atoms with Gasteiger partial charge in [-0.1, -0.05) is 0 Å². The molecule has 6 nitrogen and oxygen atoms in total. The Hall–Kier alpha value is -2.24. The summed E-state index contributed by atoms with van der Waals surface area (Å²) in [6.45, 7) is 0. The maximum absolute atomic E-state index is 11.5. The van der Waals surface area contributed by atoms with E-state index < -0.39 is 23.5 Å². The summed E-state index contributed by atoms with van der Waals surface area (Å²) in [5.41, 5.74) is 0. The Labute approximate surface area is 90.2 Å². The Bertz CT molecular complexity index is 417. The van der Waals surface area contributed by atoms with E-state index >= 15 is 0 Å². The van der Waals surface area contributed by atoms with Gasteiger partial charge < -0.3 is 13.9 Å². The van der Waals surface area contributed by atoms with Crippen LogP contribution in [0, 0.1) is 5.92 Å². The topological polar surface area (TPSA) is 90.7 Å². The Morgan fingerprint density at radius 2 is 2.12 bits per heavy atom. The SMILES string of the molecule is COC(=O)C(=O)C(C=O)C(=O)c1ccco1. The van der Waals surface area contributed by atoms with Crippen LogP contribution in [0.2, 0.25) is 0 Å². The Balaban J connectivity index is 2.91. The molecular weight excluding hydrogens is 216 g/mol. The third kappa shape index (κ3) is 2.22. The average molecular weight is 224 g/mol. The third-order valence-electron chi connectivity index (χ3n) is 1.85. The van der Waals surface area contributed by atoms with Gasteiger partial charge in [0.2, 0.25) is 5.78 Å². The minimum Gasteiger partial charge on any atom is -0.463 e. The molecule has 1 aromatic heterocycles. The number of aldehydes is 1. The zero-order valence-electron chi connectivity index (χ0n) is 8.34. The first-order valence-electron chi connectivity index (χ1n) is 4.27. The van der Waals surface area contributed by atoms with Gasteiger partial charge in [-0.25, -0.2) is 4.79 Å². The molecule has 0 fully saturated rings. The molecule has 1 atom stereocenters. The number of esters is 1. The van der Waals surface area contributed by atoms with Crippen molar-refractivity contribution in [2.24, 2.45) is 5.92 Å². The normalized spacial score (nSPS) is 11.6. The number of methoxy groups -OCH3 is 1. The number of hydrogen-bond donors (Lipinski definition) is 0. The molecule has 0 bridgehead atoms. The van der Waals surface area contributed by atoms with E-state index in [0.717, 1.165) is 7.11 Å². The first-order chi connectivity index (χ1) is 7.61. The van der Waals surface area contributed by atoms with Crippen LogP contribution in [-0.2, 0) is 19.1 Å². The van der Waals surface area contributed by atoms with Crippen molar-refractivity contribution in [2.45, 2.75) is 0 Å². The number of rotatable bonds is 5. The van der Waals surface area contributed by atoms with Crippen molar-refractivity contribution in [3.63, 3.8) is 0 Å². The molecule has 84 valence electrons. The Morgan fingerprint density at radius 1 is 1.44 bits per heavy atom. The summed E-state index contributed by atoms with van der Waals surface area (Å²) in [4.78, 5) is 44.3. The number of ether oxygens (including phenoxy) is 1. The molecule has 0 saturated carbocycles. The first-order valence-corrected chi connectivity index (χ1v) is 4.27. The van der Waals surface area contributed by atoms with E-state index in [1.54, 1.807) is 0 Å². The minimum atomic E-state index is -1.71. The van der Waals surface area contributed by atoms with E-state index in [-0.39, 0.29) is 12.0 Å². The second kappa shape index (κ2) is 5.01. The number of Topliss-reactive ketones (excluding diaryl/α,β-unsaturated/α-hetero) is 2. The highest BCUT2D eigenvalue weighted by Crippen LogP contribution is 2.09. The number of carbonyl (C=O) groups is 4. The van der Waals surface area contributed by atoms with Crippen LogP contribution >= 0.6 is 0 Å². The van der Waals surface area contributed by atoms with Crippen LogP contribution in [0.5, 0.6) is 0 Å². The molecule has 0 saturated heterocycles. The summed E-state index contributed by atoms with van der Waals surface area (Å²) in [6, 6.07) is 2.72. The second-order valence-electron chi connectivity index (χ2n) is 2.81. The minimum absolute atomic E-state index is 0.0874. The fraction of sp³-hybridized carbons (Fsp3) is 0.200. The summed E-state index contributed by atoms with van der Waals surface area (Å²) in [5.74, 6) is -5.18. The molecule has 0 aliphatic heterocycles. The zero-order chi connectivity index (χ0) is 12.1. The highest BCUT2D eigenvalue weighted by molar-refractivity contribution is 6.43. The maximum atomic E-state index is 11.5. The van der Waals surface area contributed by atoms with Gasteiger partial charge in [-0.3, -0.25) is 9.59 Å². The number of furan rings is 1. The summed E-state index contributed by atoms with van der Waals surface area (Å²) in [6.07, 6.45) is 1.31. The molecule has 0 N–H and O–H groups in total. The lowest BCUT2D eigenvalue weighted by Crippen LogP contribution is -2.32. The van der Waals surface area contributed by atoms with Crippen molar-refractivity contribution >= 4 is 23.8 Å². The number of ketones is 2.